The number of nitrogens with zero attached hydrogens (tertiary/aromatic N) is 2. The summed E-state index contributed by atoms with van der Waals surface area (Å²) in [5.41, 5.74) is 0.442. The molecule has 142 valence electrons. The molecule has 1 aromatic heterocycles. The Bertz CT molecular complexity index is 843. The third-order valence-corrected chi connectivity index (χ3v) is 4.22. The van der Waals surface area contributed by atoms with Crippen molar-refractivity contribution in [2.45, 2.75) is 46.0 Å². The fourth-order valence-corrected chi connectivity index (χ4v) is 2.59. The molecule has 1 aromatic carbocycles. The first-order valence-corrected chi connectivity index (χ1v) is 8.06. The van der Waals surface area contributed by atoms with Crippen LogP contribution >= 0.6 is 0 Å². The Morgan fingerprint density at radius 1 is 1.19 bits per heavy atom. The molecule has 0 spiro atoms. The number of aliphatic carboxylic acids is 1. The summed E-state index contributed by atoms with van der Waals surface area (Å²) in [4.78, 5) is 26.9. The highest BCUT2D eigenvalue weighted by Crippen LogP contribution is 2.33. The summed E-state index contributed by atoms with van der Waals surface area (Å²) in [5, 5.41) is 11.5. The number of amides is 1. The SMILES string of the molecule is CC(NC(=O)c1ccc2c(c1)nc(C(F)(F)F)n2C(C)C)C(C)C(=O)O. The Kier molecular flexibility index (Phi) is 5.29. The summed E-state index contributed by atoms with van der Waals surface area (Å²) in [6, 6.07) is 2.98. The molecule has 0 saturated carbocycles. The van der Waals surface area contributed by atoms with Crippen molar-refractivity contribution in [2.24, 2.45) is 5.92 Å². The number of carbonyl (C=O) groups is 2. The Hall–Kier alpha value is -2.58. The van der Waals surface area contributed by atoms with Crippen LogP contribution in [0, 0.1) is 5.92 Å². The summed E-state index contributed by atoms with van der Waals surface area (Å²) in [5.74, 6) is -3.45. The topological polar surface area (TPSA) is 84.2 Å². The molecule has 2 unspecified atom stereocenters. The number of aromatic nitrogens is 2. The van der Waals surface area contributed by atoms with Gasteiger partial charge in [0.05, 0.1) is 17.0 Å². The smallest absolute Gasteiger partial charge is 0.449 e. The standard InChI is InChI=1S/C17H20F3N3O3/c1-8(2)23-13-6-5-11(7-12(13)22-16(23)17(18,19)20)14(24)21-10(4)9(3)15(25)26/h5-10H,1-4H3,(H,21,24)(H,25,26). The van der Waals surface area contributed by atoms with Gasteiger partial charge >= 0.3 is 12.1 Å². The van der Waals surface area contributed by atoms with Crippen LogP contribution in [-0.2, 0) is 11.0 Å². The maximum Gasteiger partial charge on any atom is 0.449 e. The Morgan fingerprint density at radius 3 is 2.31 bits per heavy atom. The third kappa shape index (κ3) is 3.81. The fourth-order valence-electron chi connectivity index (χ4n) is 2.59. The Labute approximate surface area is 148 Å². The Morgan fingerprint density at radius 2 is 1.81 bits per heavy atom. The molecular formula is C17H20F3N3O3. The fraction of sp³-hybridized carbons (Fsp3) is 0.471. The van der Waals surface area contributed by atoms with Crippen molar-refractivity contribution in [3.8, 4) is 0 Å². The molecule has 6 nitrogen and oxygen atoms in total. The van der Waals surface area contributed by atoms with Crippen LogP contribution in [0.2, 0.25) is 0 Å². The number of halogens is 3. The zero-order valence-electron chi connectivity index (χ0n) is 14.8. The molecule has 0 saturated heterocycles. The van der Waals surface area contributed by atoms with Crippen LogP contribution in [0.25, 0.3) is 11.0 Å². The van der Waals surface area contributed by atoms with E-state index in [1.54, 1.807) is 20.8 Å². The van der Waals surface area contributed by atoms with E-state index in [1.807, 2.05) is 0 Å². The number of alkyl halides is 3. The highest BCUT2D eigenvalue weighted by Gasteiger charge is 2.38. The summed E-state index contributed by atoms with van der Waals surface area (Å²) < 4.78 is 40.7. The summed E-state index contributed by atoms with van der Waals surface area (Å²) >= 11 is 0. The lowest BCUT2D eigenvalue weighted by Crippen LogP contribution is -2.40. The zero-order valence-corrected chi connectivity index (χ0v) is 14.8. The molecule has 0 aliphatic carbocycles. The minimum Gasteiger partial charge on any atom is -0.481 e. The highest BCUT2D eigenvalue weighted by molar-refractivity contribution is 5.97. The molecule has 0 bridgehead atoms. The first kappa shape index (κ1) is 19.7. The number of benzene rings is 1. The van der Waals surface area contributed by atoms with Crippen LogP contribution in [0.1, 0.15) is 49.9 Å². The second kappa shape index (κ2) is 6.97. The van der Waals surface area contributed by atoms with Gasteiger partial charge in [-0.2, -0.15) is 13.2 Å². The van der Waals surface area contributed by atoms with Gasteiger partial charge in [0.15, 0.2) is 0 Å². The van der Waals surface area contributed by atoms with Crippen LogP contribution < -0.4 is 5.32 Å². The first-order valence-electron chi connectivity index (χ1n) is 8.06. The van der Waals surface area contributed by atoms with Crippen molar-refractivity contribution in [1.29, 1.82) is 0 Å². The summed E-state index contributed by atoms with van der Waals surface area (Å²) in [6.45, 7) is 6.23. The van der Waals surface area contributed by atoms with Crippen molar-refractivity contribution in [1.82, 2.24) is 14.9 Å². The van der Waals surface area contributed by atoms with E-state index in [2.05, 4.69) is 10.3 Å². The molecule has 2 atom stereocenters. The average Bonchev–Trinajstić information content (AvgIpc) is 2.92. The van der Waals surface area contributed by atoms with Gasteiger partial charge in [0.1, 0.15) is 0 Å². The molecule has 0 radical (unpaired) electrons. The normalized spacial score (nSPS) is 14.5. The molecule has 1 heterocycles. The largest absolute Gasteiger partial charge is 0.481 e. The van der Waals surface area contributed by atoms with E-state index >= 15 is 0 Å². The van der Waals surface area contributed by atoms with Gasteiger partial charge < -0.3 is 15.0 Å². The number of carboxylic acid groups (broad SMARTS) is 1. The molecule has 0 aliphatic rings. The van der Waals surface area contributed by atoms with E-state index in [0.29, 0.717) is 0 Å². The number of nitrogens with one attached hydrogen (secondary N) is 1. The molecule has 1 amide bonds. The minimum absolute atomic E-state index is 0.0533. The van der Waals surface area contributed by atoms with Crippen LogP contribution in [0.15, 0.2) is 18.2 Å². The lowest BCUT2D eigenvalue weighted by Gasteiger charge is -2.17. The second-order valence-electron chi connectivity index (χ2n) is 6.49. The van der Waals surface area contributed by atoms with Crippen molar-refractivity contribution in [3.05, 3.63) is 29.6 Å². The summed E-state index contributed by atoms with van der Waals surface area (Å²) in [6.07, 6.45) is -4.61. The van der Waals surface area contributed by atoms with Gasteiger partial charge in [-0.15, -0.1) is 0 Å². The van der Waals surface area contributed by atoms with Crippen molar-refractivity contribution < 1.29 is 27.9 Å². The number of hydrogen-bond acceptors (Lipinski definition) is 3. The monoisotopic (exact) mass is 371 g/mol. The maximum atomic E-state index is 13.2. The van der Waals surface area contributed by atoms with Crippen LogP contribution in [0.4, 0.5) is 13.2 Å². The van der Waals surface area contributed by atoms with E-state index in [-0.39, 0.29) is 16.6 Å². The van der Waals surface area contributed by atoms with Gasteiger partial charge in [-0.05, 0) is 45.9 Å². The number of carboxylic acids is 1. The lowest BCUT2D eigenvalue weighted by atomic mass is 10.0. The molecule has 2 rings (SSSR count). The molecule has 26 heavy (non-hydrogen) atoms. The Balaban J connectivity index is 2.40. The number of carbonyl (C=O) groups excluding carboxylic acids is 1. The van der Waals surface area contributed by atoms with Gasteiger partial charge in [0, 0.05) is 17.6 Å². The van der Waals surface area contributed by atoms with E-state index < -0.39 is 41.9 Å². The van der Waals surface area contributed by atoms with Crippen LogP contribution in [0.5, 0.6) is 0 Å². The lowest BCUT2D eigenvalue weighted by molar-refractivity contribution is -0.147. The van der Waals surface area contributed by atoms with Crippen molar-refractivity contribution in [3.63, 3.8) is 0 Å². The van der Waals surface area contributed by atoms with E-state index in [4.69, 9.17) is 5.11 Å². The maximum absolute atomic E-state index is 13.2. The third-order valence-electron chi connectivity index (χ3n) is 4.22. The highest BCUT2D eigenvalue weighted by atomic mass is 19.4. The predicted octanol–water partition coefficient (Wildman–Crippen LogP) is 3.48. The zero-order chi connectivity index (χ0) is 19.8. The minimum atomic E-state index is -4.61. The quantitative estimate of drug-likeness (QED) is 0.843. The number of fused-ring (bicyclic) bond motifs is 1. The van der Waals surface area contributed by atoms with Gasteiger partial charge in [0.2, 0.25) is 5.82 Å². The first-order chi connectivity index (χ1) is 11.9. The number of hydrogen-bond donors (Lipinski definition) is 2. The van der Waals surface area contributed by atoms with Gasteiger partial charge in [-0.1, -0.05) is 0 Å². The number of imidazole rings is 1. The summed E-state index contributed by atoms with van der Waals surface area (Å²) in [7, 11) is 0. The van der Waals surface area contributed by atoms with Gasteiger partial charge in [0.25, 0.3) is 5.91 Å². The van der Waals surface area contributed by atoms with Crippen LogP contribution in [-0.4, -0.2) is 32.6 Å². The average molecular weight is 371 g/mol. The number of rotatable bonds is 5. The van der Waals surface area contributed by atoms with Crippen LogP contribution in [0.3, 0.4) is 0 Å². The molecule has 0 aliphatic heterocycles. The molecule has 2 aromatic rings. The van der Waals surface area contributed by atoms with E-state index in [1.165, 1.54) is 25.1 Å². The van der Waals surface area contributed by atoms with Gasteiger partial charge in [-0.3, -0.25) is 9.59 Å². The van der Waals surface area contributed by atoms with Crippen molar-refractivity contribution in [2.75, 3.05) is 0 Å². The molecule has 0 fully saturated rings. The van der Waals surface area contributed by atoms with Gasteiger partial charge in [-0.25, -0.2) is 4.98 Å². The molecule has 2 N–H and O–H groups in total. The van der Waals surface area contributed by atoms with Crippen molar-refractivity contribution >= 4 is 22.9 Å². The van der Waals surface area contributed by atoms with E-state index in [0.717, 1.165) is 4.57 Å². The molecular weight excluding hydrogens is 351 g/mol. The predicted molar refractivity (Wildman–Crippen MR) is 88.8 cm³/mol. The van der Waals surface area contributed by atoms with E-state index in [9.17, 15) is 22.8 Å². The molecule has 9 heteroatoms. The second-order valence-corrected chi connectivity index (χ2v) is 6.49.